The number of nitrogens with two attached hydrogens (primary N) is 3. The average Bonchev–Trinajstić information content (AvgIpc) is 1.57. The predicted octanol–water partition coefficient (Wildman–Crippen LogP) is 1.21. The van der Waals surface area contributed by atoms with Crippen molar-refractivity contribution < 1.29 is 115 Å². The van der Waals surface area contributed by atoms with Gasteiger partial charge in [0.15, 0.2) is 11.6 Å². The molecule has 6 heterocycles. The van der Waals surface area contributed by atoms with Crippen molar-refractivity contribution in [3.05, 3.63) is 120 Å². The van der Waals surface area contributed by atoms with E-state index in [-0.39, 0.29) is 74.7 Å². The highest BCUT2D eigenvalue weighted by atomic mass is 32.2. The number of alkyl halides is 3. The molecule has 0 saturated carbocycles. The molecule has 0 unspecified atom stereocenters. The maximum absolute atomic E-state index is 15.6. The smallest absolute Gasteiger partial charge is 0.390 e. The molecule has 44 heteroatoms. The molecule has 19 N–H and O–H groups in total. The number of aromatic nitrogens is 4. The monoisotopic (exact) mass is 1920 g/mol. The van der Waals surface area contributed by atoms with Crippen molar-refractivity contribution in [3.63, 3.8) is 0 Å². The summed E-state index contributed by atoms with van der Waals surface area (Å²) in [6.07, 6.45) is -9.17. The number of nitrogens with one attached hydrogen (secondary N) is 10. The number of aliphatic hydroxyl groups excluding tert-OH is 1. The lowest BCUT2D eigenvalue weighted by atomic mass is 9.90. The minimum atomic E-state index is -4.99. The molecule has 0 radical (unpaired) electrons. The standard InChI is InChI=1S/C92H122F3N19O21S/c1-7-8-18-71-85(129)106-66(33-50(2)3)76(119)38-56(74(117)25-26-77(97)120)47-136-48-79(122)103-69(34-52-20-22-58(115)23-21-52)89(133)110(5)51(4)75(118)37-53(39-78(98)121)88(132)113-31-13-19-72(113)86(130)108-68(40-57-44-99-49-102-57)84(128)105-65(24-27-81(124)125)91(135)114-45-59(116)41-73(114)87(131)107-67(35-54-42-100-62-16-11-9-14-60(54)62)83(127)104-64(28-30-96)82(126)109-70(36-55-43-101-63-17-12-10-15-61(55)63)90(134)112(32-29-92(93,94)95)46-80(123)111(71)6/h9-12,14-17,20-23,42-44,49-51,53,56,59,64-73,100-101,115-116H,7-8,13,18-19,24-41,45-48,96H2,1-6H3,(H2,97,120)(H2,98,121)(H,99,102)(H,103,122)(H,104,127)(H,105,128)(H,106,129)(H,107,131)(H,108,130)(H,109,126)(H,124,125)/t51-,53-,56-,59+,64-,65-,66-,67-,68-,69-,70-,71-,72-,73-/m0/s1. The Kier molecular flexibility index (Phi) is 39.1. The van der Waals surface area contributed by atoms with Crippen LogP contribution in [0, 0.1) is 17.8 Å². The van der Waals surface area contributed by atoms with Crippen LogP contribution >= 0.6 is 11.8 Å². The third kappa shape index (κ3) is 30.4. The molecule has 40 nitrogen and oxygen atoms in total. The summed E-state index contributed by atoms with van der Waals surface area (Å²) >= 11 is 0.837. The van der Waals surface area contributed by atoms with Crippen LogP contribution in [0.15, 0.2) is 97.7 Å². The number of aromatic hydroxyl groups is 1. The van der Waals surface area contributed by atoms with E-state index >= 15 is 38.4 Å². The number of aliphatic carboxylic acids is 1. The first-order chi connectivity index (χ1) is 64.5. The highest BCUT2D eigenvalue weighted by molar-refractivity contribution is 7.99. The zero-order valence-electron chi connectivity index (χ0n) is 76.6. The van der Waals surface area contributed by atoms with Crippen molar-refractivity contribution in [1.82, 2.24) is 81.7 Å². The Bertz CT molecular complexity index is 5290. The van der Waals surface area contributed by atoms with E-state index in [0.717, 1.165) is 31.4 Å². The zero-order valence-corrected chi connectivity index (χ0v) is 77.5. The molecule has 3 fully saturated rings. The van der Waals surface area contributed by atoms with Gasteiger partial charge < -0.3 is 109 Å². The third-order valence-corrected chi connectivity index (χ3v) is 25.6. The lowest BCUT2D eigenvalue weighted by Gasteiger charge is -2.33. The minimum absolute atomic E-state index is 0.0618. The molecule has 0 spiro atoms. The van der Waals surface area contributed by atoms with Gasteiger partial charge in [0.05, 0.1) is 49.2 Å². The van der Waals surface area contributed by atoms with Crippen LogP contribution in [0.25, 0.3) is 21.8 Å². The van der Waals surface area contributed by atoms with E-state index in [1.807, 2.05) is 0 Å². The maximum Gasteiger partial charge on any atom is 0.390 e. The van der Waals surface area contributed by atoms with E-state index < -0.39 is 305 Å². The first-order valence-electron chi connectivity index (χ1n) is 45.3. The largest absolute Gasteiger partial charge is 0.508 e. The molecule has 3 aliphatic heterocycles. The molecule has 738 valence electrons. The Morgan fingerprint density at radius 3 is 1.79 bits per heavy atom. The van der Waals surface area contributed by atoms with Crippen molar-refractivity contribution in [2.75, 3.05) is 58.3 Å². The first-order valence-corrected chi connectivity index (χ1v) is 46.4. The van der Waals surface area contributed by atoms with E-state index in [4.69, 9.17) is 17.2 Å². The number of phenols is 1. The number of primary amides is 2. The van der Waals surface area contributed by atoms with Crippen LogP contribution in [0.5, 0.6) is 5.75 Å². The fourth-order valence-corrected chi connectivity index (χ4v) is 18.0. The number of aliphatic hydroxyl groups is 1. The van der Waals surface area contributed by atoms with Crippen molar-refractivity contribution in [2.45, 2.75) is 235 Å². The van der Waals surface area contributed by atoms with Gasteiger partial charge >= 0.3 is 12.1 Å². The molecule has 3 aromatic carbocycles. The number of likely N-dealkylation sites (N-methyl/N-ethyl adjacent to an activating group) is 2. The Balaban J connectivity index is 1.11. The number of carboxylic acids is 1. The minimum Gasteiger partial charge on any atom is -0.508 e. The van der Waals surface area contributed by atoms with Gasteiger partial charge in [0.2, 0.25) is 82.7 Å². The first kappa shape index (κ1) is 107. The number of ketones is 3. The summed E-state index contributed by atoms with van der Waals surface area (Å²) in [5.74, 6) is -22.3. The number of carboxylic acid groups (broad SMARTS) is 1. The molecule has 0 aliphatic carbocycles. The summed E-state index contributed by atoms with van der Waals surface area (Å²) in [7, 11) is 2.40. The van der Waals surface area contributed by atoms with Crippen LogP contribution in [0.1, 0.15) is 153 Å². The molecule has 3 saturated heterocycles. The molecular formula is C92H122F3N19O21S. The number of para-hydroxylation sites is 2. The lowest BCUT2D eigenvalue weighted by molar-refractivity contribution is -0.153. The molecule has 6 aromatic rings. The van der Waals surface area contributed by atoms with Gasteiger partial charge in [-0.25, -0.2) is 4.98 Å². The summed E-state index contributed by atoms with van der Waals surface area (Å²) < 4.78 is 44.1. The van der Waals surface area contributed by atoms with Crippen molar-refractivity contribution in [3.8, 4) is 5.75 Å². The molecule has 14 amide bonds. The molecule has 3 aromatic heterocycles. The number of fused-ring (bicyclic) bond motifs is 4. The fourth-order valence-electron chi connectivity index (χ4n) is 17.0. The van der Waals surface area contributed by atoms with Gasteiger partial charge in [-0.1, -0.05) is 82.1 Å². The SMILES string of the molecule is CCCC[C@H]1C(=O)N[C@@H](CC(C)C)C(=O)C[C@H](C(=O)CCC(N)=O)CSCC(=O)N[C@@H](Cc2ccc(O)cc2)C(=O)N(C)[C@@H](C)C(=O)C[C@@H](CC(N)=O)C(=O)N2CCC[C@H]2C(=O)N[C@@H](Cc2cnc[nH]2)C(=O)N[C@@H](CCC(=O)O)C(=O)N2C[C@H](O)C[C@H]2C(=O)N[C@@H](Cc2c[nH]c3ccccc23)C(=O)N[C@@H](CCN)C(=O)N[C@@H](Cc2c[nH]c3ccccc23)C(=O)N(CCC(F)(F)F)CC(=O)N1C. The number of carbonyl (C=O) groups is 18. The number of rotatable bonds is 26. The van der Waals surface area contributed by atoms with Crippen LogP contribution in [0.4, 0.5) is 13.2 Å². The Hall–Kier alpha value is -13.1. The van der Waals surface area contributed by atoms with E-state index in [9.17, 15) is 76.4 Å². The van der Waals surface area contributed by atoms with Crippen LogP contribution in [0.3, 0.4) is 0 Å². The molecule has 9 rings (SSSR count). The normalized spacial score (nSPS) is 24.4. The maximum atomic E-state index is 15.6. The molecule has 14 atom stereocenters. The van der Waals surface area contributed by atoms with Crippen molar-refractivity contribution in [2.24, 2.45) is 35.0 Å². The van der Waals surface area contributed by atoms with Gasteiger partial charge in [-0.2, -0.15) is 24.9 Å². The number of nitrogens with zero attached hydrogens (tertiary/aromatic N) is 6. The molecule has 136 heavy (non-hydrogen) atoms. The Labute approximate surface area is 786 Å². The molecule has 3 aliphatic rings. The average molecular weight is 1920 g/mol. The van der Waals surface area contributed by atoms with Gasteiger partial charge in [-0.15, -0.1) is 0 Å². The number of hydrogen-bond acceptors (Lipinski definition) is 23. The van der Waals surface area contributed by atoms with Gasteiger partial charge in [0, 0.05) is 162 Å². The van der Waals surface area contributed by atoms with Gasteiger partial charge in [-0.05, 0) is 98.9 Å². The fraction of sp³-hybridized carbons (Fsp3) is 0.533. The summed E-state index contributed by atoms with van der Waals surface area (Å²) in [6, 6.07) is 1.02. The topological polar surface area (TPSA) is 607 Å². The van der Waals surface area contributed by atoms with Gasteiger partial charge in [0.1, 0.15) is 65.9 Å². The number of halogens is 3. The Morgan fingerprint density at radius 2 is 1.20 bits per heavy atom. The summed E-state index contributed by atoms with van der Waals surface area (Å²) in [6.45, 7) is 3.00. The number of hydrogen-bond donors (Lipinski definition) is 16. The second kappa shape index (κ2) is 49.9. The summed E-state index contributed by atoms with van der Waals surface area (Å²) in [5.41, 5.74) is 19.8. The predicted molar refractivity (Wildman–Crippen MR) is 489 cm³/mol. The number of H-pyrrole nitrogens is 3. The summed E-state index contributed by atoms with van der Waals surface area (Å²) in [4.78, 5) is 280. The Morgan fingerprint density at radius 1 is 0.610 bits per heavy atom. The van der Waals surface area contributed by atoms with Crippen LogP contribution in [-0.2, 0) is 112 Å². The number of aromatic amines is 3. The number of benzene rings is 3. The van der Waals surface area contributed by atoms with E-state index in [1.165, 1.54) is 70.2 Å². The van der Waals surface area contributed by atoms with Gasteiger partial charge in [0.25, 0.3) is 0 Å². The number of amides is 14. The number of imidazole rings is 1. The van der Waals surface area contributed by atoms with E-state index in [1.54, 1.807) is 69.3 Å². The molecular weight excluding hydrogens is 1800 g/mol. The quantitative estimate of drug-likeness (QED) is 0.0363. The lowest BCUT2D eigenvalue weighted by Crippen LogP contribution is -2.60. The number of carbonyl (C=O) groups excluding carboxylic acids is 17. The van der Waals surface area contributed by atoms with Crippen LogP contribution < -0.4 is 54.4 Å². The van der Waals surface area contributed by atoms with E-state index in [0.29, 0.717) is 49.8 Å². The highest BCUT2D eigenvalue weighted by Crippen LogP contribution is 2.30. The van der Waals surface area contributed by atoms with E-state index in [2.05, 4.69) is 57.2 Å². The number of unbranched alkanes of at least 4 members (excludes halogenated alkanes) is 1. The van der Waals surface area contributed by atoms with Crippen molar-refractivity contribution in [1.29, 1.82) is 0 Å². The van der Waals surface area contributed by atoms with Crippen molar-refractivity contribution >= 4 is 140 Å². The number of Topliss-reactive ketones (excluding diaryl/α,β-unsaturated/α-hetero) is 3. The second-order valence-electron chi connectivity index (χ2n) is 35.3. The number of thioether (sulfide) groups is 1. The molecule has 0 bridgehead atoms. The van der Waals surface area contributed by atoms with Gasteiger partial charge in [-0.3, -0.25) is 86.3 Å². The highest BCUT2D eigenvalue weighted by Gasteiger charge is 2.47. The zero-order chi connectivity index (χ0) is 99.5. The summed E-state index contributed by atoms with van der Waals surface area (Å²) in [5, 5.41) is 51.2. The second-order valence-corrected chi connectivity index (χ2v) is 36.3. The van der Waals surface area contributed by atoms with Crippen LogP contribution in [-0.4, -0.2) is 303 Å². The van der Waals surface area contributed by atoms with Crippen LogP contribution in [0.2, 0.25) is 0 Å². The number of phenolic OH excluding ortho intramolecular Hbond substituents is 1. The third-order valence-electron chi connectivity index (χ3n) is 24.5.